The Morgan fingerprint density at radius 1 is 1.14 bits per heavy atom. The van der Waals surface area contributed by atoms with E-state index in [-0.39, 0.29) is 47.9 Å². The number of ether oxygens (including phenoxy) is 1. The number of esters is 1. The largest absolute Gasteiger partial charge is 0.466 e. The van der Waals surface area contributed by atoms with Gasteiger partial charge in [-0.1, -0.05) is 46.8 Å². The smallest absolute Gasteiger partial charge is 0.302 e. The van der Waals surface area contributed by atoms with Crippen LogP contribution in [0.25, 0.3) is 0 Å². The van der Waals surface area contributed by atoms with Crippen molar-refractivity contribution in [2.75, 3.05) is 6.61 Å². The van der Waals surface area contributed by atoms with Crippen LogP contribution in [0.1, 0.15) is 87.0 Å². The second kappa shape index (κ2) is 10.7. The van der Waals surface area contributed by atoms with E-state index in [1.165, 1.54) is 6.92 Å². The summed E-state index contributed by atoms with van der Waals surface area (Å²) in [5.41, 5.74) is -2.52. The van der Waals surface area contributed by atoms with Crippen LogP contribution in [0.15, 0.2) is 23.8 Å². The zero-order valence-corrected chi connectivity index (χ0v) is 23.3. The van der Waals surface area contributed by atoms with Crippen molar-refractivity contribution in [3.63, 3.8) is 0 Å². The highest BCUT2D eigenvalue weighted by Gasteiger charge is 2.63. The normalized spacial score (nSPS) is 40.8. The molecule has 204 valence electrons. The van der Waals surface area contributed by atoms with E-state index in [2.05, 4.69) is 46.8 Å². The summed E-state index contributed by atoms with van der Waals surface area (Å²) in [6, 6.07) is 0. The maximum absolute atomic E-state index is 14.0. The molecule has 2 fully saturated rings. The highest BCUT2D eigenvalue weighted by Crippen LogP contribution is 2.60. The number of Topliss-reactive ketones (excluding diaryl/α,β-unsaturated/α-hetero) is 1. The highest BCUT2D eigenvalue weighted by molar-refractivity contribution is 6.02. The fourth-order valence-corrected chi connectivity index (χ4v) is 7.21. The molecule has 9 unspecified atom stereocenters. The first-order valence-electron chi connectivity index (χ1n) is 13.8. The Kier molecular flexibility index (Phi) is 8.64. The van der Waals surface area contributed by atoms with E-state index in [1.54, 1.807) is 13.0 Å². The maximum atomic E-state index is 14.0. The molecule has 0 aliphatic heterocycles. The molecule has 36 heavy (non-hydrogen) atoms. The summed E-state index contributed by atoms with van der Waals surface area (Å²) in [7, 11) is 0. The molecule has 2 saturated carbocycles. The van der Waals surface area contributed by atoms with Crippen molar-refractivity contribution in [3.8, 4) is 0 Å². The van der Waals surface area contributed by atoms with Crippen LogP contribution >= 0.6 is 0 Å². The highest BCUT2D eigenvalue weighted by atomic mass is 16.5. The van der Waals surface area contributed by atoms with Crippen LogP contribution in [-0.4, -0.2) is 51.5 Å². The van der Waals surface area contributed by atoms with Crippen LogP contribution in [0.4, 0.5) is 0 Å². The molecular weight excluding hydrogens is 456 g/mol. The monoisotopic (exact) mass is 504 g/mol. The molecule has 3 rings (SSSR count). The average Bonchev–Trinajstić information content (AvgIpc) is 3.13. The zero-order chi connectivity index (χ0) is 27.1. The van der Waals surface area contributed by atoms with Crippen LogP contribution < -0.4 is 0 Å². The molecule has 3 aliphatic rings. The van der Waals surface area contributed by atoms with E-state index >= 15 is 0 Å². The summed E-state index contributed by atoms with van der Waals surface area (Å²) in [5.74, 6) is 1.05. The third-order valence-electron chi connectivity index (χ3n) is 10.2. The Bertz CT molecular complexity index is 892. The topological polar surface area (TPSA) is 104 Å². The molecule has 0 bridgehead atoms. The van der Waals surface area contributed by atoms with Gasteiger partial charge in [0.15, 0.2) is 5.78 Å². The summed E-state index contributed by atoms with van der Waals surface area (Å²) in [6.45, 7) is 14.5. The predicted molar refractivity (Wildman–Crippen MR) is 140 cm³/mol. The van der Waals surface area contributed by atoms with Crippen LogP contribution in [0.3, 0.4) is 0 Å². The van der Waals surface area contributed by atoms with Crippen molar-refractivity contribution >= 4 is 11.8 Å². The number of aliphatic hydroxyl groups is 3. The minimum Gasteiger partial charge on any atom is -0.466 e. The van der Waals surface area contributed by atoms with E-state index < -0.39 is 23.2 Å². The number of hydrogen-bond donors (Lipinski definition) is 3. The number of carbonyl (C=O) groups excluding carboxylic acids is 2. The summed E-state index contributed by atoms with van der Waals surface area (Å²) in [5, 5.41) is 32.7. The minimum absolute atomic E-state index is 0.00688. The summed E-state index contributed by atoms with van der Waals surface area (Å²) < 4.78 is 5.37. The first-order chi connectivity index (χ1) is 16.7. The predicted octanol–water partition coefficient (Wildman–Crippen LogP) is 4.61. The van der Waals surface area contributed by atoms with Crippen LogP contribution in [0, 0.1) is 40.4 Å². The lowest BCUT2D eigenvalue weighted by Gasteiger charge is -2.54. The Morgan fingerprint density at radius 2 is 1.81 bits per heavy atom. The fourth-order valence-electron chi connectivity index (χ4n) is 7.21. The van der Waals surface area contributed by atoms with E-state index in [1.807, 2.05) is 0 Å². The van der Waals surface area contributed by atoms with Gasteiger partial charge in [-0.15, -0.1) is 0 Å². The summed E-state index contributed by atoms with van der Waals surface area (Å²) >= 11 is 0. The first kappa shape index (κ1) is 29.1. The van der Waals surface area contributed by atoms with E-state index in [0.29, 0.717) is 36.7 Å². The average molecular weight is 505 g/mol. The van der Waals surface area contributed by atoms with E-state index in [0.717, 1.165) is 12.8 Å². The lowest BCUT2D eigenvalue weighted by Crippen LogP contribution is -2.65. The van der Waals surface area contributed by atoms with Crippen molar-refractivity contribution in [2.24, 2.45) is 40.4 Å². The van der Waals surface area contributed by atoms with Gasteiger partial charge in [0.1, 0.15) is 11.7 Å². The molecule has 0 aromatic heterocycles. The van der Waals surface area contributed by atoms with Crippen molar-refractivity contribution in [1.29, 1.82) is 0 Å². The molecule has 6 heteroatoms. The lowest BCUT2D eigenvalue weighted by molar-refractivity contribution is -0.191. The Morgan fingerprint density at radius 3 is 2.42 bits per heavy atom. The molecule has 0 aromatic rings. The van der Waals surface area contributed by atoms with Crippen molar-refractivity contribution in [1.82, 2.24) is 0 Å². The number of ketones is 1. The van der Waals surface area contributed by atoms with E-state index in [9.17, 15) is 24.9 Å². The molecule has 6 nitrogen and oxygen atoms in total. The standard InChI is InChI=1S/C30H48O6/c1-18(2)19(3)8-9-20(4)24-10-11-25(28(24,6)14-15-36-21(5)31)23-16-26(33)30(35)17-22(32)12-13-29(30,7)27(23)34/h8-9,16,18-20,22,24-26,32-33,35H,10-15,17H2,1-7H3. The molecule has 0 aromatic carbocycles. The summed E-state index contributed by atoms with van der Waals surface area (Å²) in [6.07, 6.45) is 7.34. The van der Waals surface area contributed by atoms with Gasteiger partial charge in [-0.25, -0.2) is 0 Å². The van der Waals surface area contributed by atoms with Gasteiger partial charge < -0.3 is 20.1 Å². The SMILES string of the molecule is CC(=O)OCCC1(C)C(C2=CC(O)C3(O)CC(O)CCC3(C)C2=O)CCC1C(C)C=CC(C)C(C)C. The van der Waals surface area contributed by atoms with Gasteiger partial charge in [-0.3, -0.25) is 9.59 Å². The molecular formula is C30H48O6. The number of allylic oxidation sites excluding steroid dienone is 3. The van der Waals surface area contributed by atoms with Gasteiger partial charge >= 0.3 is 5.97 Å². The molecule has 0 heterocycles. The molecule has 0 saturated heterocycles. The molecule has 0 spiro atoms. The second-order valence-corrected chi connectivity index (χ2v) is 12.7. The molecule has 3 aliphatic carbocycles. The van der Waals surface area contributed by atoms with Crippen LogP contribution in [-0.2, 0) is 14.3 Å². The van der Waals surface area contributed by atoms with Crippen molar-refractivity contribution < 1.29 is 29.6 Å². The van der Waals surface area contributed by atoms with Crippen LogP contribution in [0.5, 0.6) is 0 Å². The van der Waals surface area contributed by atoms with Gasteiger partial charge in [0, 0.05) is 13.3 Å². The molecule has 3 N–H and O–H groups in total. The minimum atomic E-state index is -1.67. The number of fused-ring (bicyclic) bond motifs is 1. The number of carbonyl (C=O) groups is 2. The maximum Gasteiger partial charge on any atom is 0.302 e. The third kappa shape index (κ3) is 5.10. The zero-order valence-electron chi connectivity index (χ0n) is 23.3. The lowest BCUT2D eigenvalue weighted by atomic mass is 9.53. The quantitative estimate of drug-likeness (QED) is 0.329. The second-order valence-electron chi connectivity index (χ2n) is 12.7. The number of aliphatic hydroxyl groups excluding tert-OH is 2. The molecule has 0 radical (unpaired) electrons. The summed E-state index contributed by atoms with van der Waals surface area (Å²) in [4.78, 5) is 25.6. The van der Waals surface area contributed by atoms with Gasteiger partial charge in [-0.05, 0) is 85.7 Å². The van der Waals surface area contributed by atoms with Crippen LogP contribution in [0.2, 0.25) is 0 Å². The molecule has 9 atom stereocenters. The van der Waals surface area contributed by atoms with Gasteiger partial charge in [0.05, 0.1) is 18.1 Å². The Balaban J connectivity index is 1.97. The Labute approximate surface area is 217 Å². The van der Waals surface area contributed by atoms with E-state index in [4.69, 9.17) is 4.74 Å². The van der Waals surface area contributed by atoms with Gasteiger partial charge in [0.25, 0.3) is 0 Å². The molecule has 0 amide bonds. The first-order valence-corrected chi connectivity index (χ1v) is 13.8. The fraction of sp³-hybridized carbons (Fsp3) is 0.800. The Hall–Kier alpha value is -1.50. The number of rotatable bonds is 8. The third-order valence-corrected chi connectivity index (χ3v) is 10.2. The van der Waals surface area contributed by atoms with Gasteiger partial charge in [0.2, 0.25) is 0 Å². The van der Waals surface area contributed by atoms with Gasteiger partial charge in [-0.2, -0.15) is 0 Å². The number of hydrogen-bond acceptors (Lipinski definition) is 6. The van der Waals surface area contributed by atoms with Crippen molar-refractivity contribution in [3.05, 3.63) is 23.8 Å². The van der Waals surface area contributed by atoms with Crippen molar-refractivity contribution in [2.45, 2.75) is 105 Å².